The van der Waals surface area contributed by atoms with Crippen LogP contribution >= 0.6 is 11.3 Å². The molecular weight excluding hydrogens is 286 g/mol. The molecule has 1 atom stereocenters. The standard InChI is InChI=1S/C15H17N3O2S/c1-20-11-6-4-10(5-7-11)13(9-2-3-9)18-14(19)12-8-21-15(16)17-12/h4-9,13H,2-3H2,1H3,(H2,16,17)(H,18,19). The number of nitrogen functional groups attached to an aromatic ring is 1. The summed E-state index contributed by atoms with van der Waals surface area (Å²) in [7, 11) is 1.64. The molecule has 1 aliphatic rings. The second-order valence-electron chi connectivity index (χ2n) is 5.13. The Morgan fingerprint density at radius 2 is 2.14 bits per heavy atom. The Kier molecular flexibility index (Phi) is 3.79. The van der Waals surface area contributed by atoms with Gasteiger partial charge < -0.3 is 15.8 Å². The fourth-order valence-electron chi connectivity index (χ4n) is 2.32. The number of methoxy groups -OCH3 is 1. The Morgan fingerprint density at radius 3 is 2.67 bits per heavy atom. The smallest absolute Gasteiger partial charge is 0.271 e. The van der Waals surface area contributed by atoms with Gasteiger partial charge in [0.15, 0.2) is 5.13 Å². The first-order chi connectivity index (χ1) is 10.2. The third-order valence-corrected chi connectivity index (χ3v) is 4.28. The van der Waals surface area contributed by atoms with Crippen LogP contribution in [0.1, 0.15) is 34.9 Å². The van der Waals surface area contributed by atoms with Gasteiger partial charge in [0.1, 0.15) is 11.4 Å². The van der Waals surface area contributed by atoms with Crippen LogP contribution in [-0.4, -0.2) is 18.0 Å². The molecule has 5 nitrogen and oxygen atoms in total. The maximum atomic E-state index is 12.2. The number of nitrogens with zero attached hydrogens (tertiary/aromatic N) is 1. The van der Waals surface area contributed by atoms with Crippen molar-refractivity contribution in [2.24, 2.45) is 5.92 Å². The zero-order valence-electron chi connectivity index (χ0n) is 11.7. The van der Waals surface area contributed by atoms with Gasteiger partial charge in [-0.05, 0) is 36.5 Å². The lowest BCUT2D eigenvalue weighted by Crippen LogP contribution is -2.30. The molecule has 1 aromatic carbocycles. The predicted molar refractivity (Wildman–Crippen MR) is 82.5 cm³/mol. The molecule has 3 rings (SSSR count). The summed E-state index contributed by atoms with van der Waals surface area (Å²) < 4.78 is 5.17. The van der Waals surface area contributed by atoms with E-state index in [-0.39, 0.29) is 11.9 Å². The van der Waals surface area contributed by atoms with Crippen LogP contribution in [0.3, 0.4) is 0 Å². The van der Waals surface area contributed by atoms with Gasteiger partial charge in [-0.1, -0.05) is 12.1 Å². The van der Waals surface area contributed by atoms with E-state index in [0.717, 1.165) is 24.2 Å². The number of nitrogens with one attached hydrogen (secondary N) is 1. The summed E-state index contributed by atoms with van der Waals surface area (Å²) >= 11 is 1.27. The lowest BCUT2D eigenvalue weighted by molar-refractivity contribution is 0.0927. The third-order valence-electron chi connectivity index (χ3n) is 3.61. The maximum Gasteiger partial charge on any atom is 0.271 e. The van der Waals surface area contributed by atoms with Gasteiger partial charge in [-0.3, -0.25) is 4.79 Å². The normalized spacial score (nSPS) is 15.5. The molecule has 3 N–H and O–H groups in total. The molecule has 0 saturated heterocycles. The minimum Gasteiger partial charge on any atom is -0.497 e. The van der Waals surface area contributed by atoms with E-state index in [1.807, 2.05) is 24.3 Å². The summed E-state index contributed by atoms with van der Waals surface area (Å²) in [5.41, 5.74) is 7.05. The molecule has 0 radical (unpaired) electrons. The number of carbonyl (C=O) groups excluding carboxylic acids is 1. The number of hydrogen-bond donors (Lipinski definition) is 2. The van der Waals surface area contributed by atoms with Crippen LogP contribution in [0.4, 0.5) is 5.13 Å². The molecule has 1 aliphatic carbocycles. The van der Waals surface area contributed by atoms with Crippen LogP contribution < -0.4 is 15.8 Å². The number of nitrogens with two attached hydrogens (primary N) is 1. The quantitative estimate of drug-likeness (QED) is 0.890. The topological polar surface area (TPSA) is 77.2 Å². The van der Waals surface area contributed by atoms with Crippen molar-refractivity contribution in [3.8, 4) is 5.75 Å². The molecule has 1 unspecified atom stereocenters. The summed E-state index contributed by atoms with van der Waals surface area (Å²) in [6.07, 6.45) is 2.27. The molecule has 2 aromatic rings. The molecule has 21 heavy (non-hydrogen) atoms. The Morgan fingerprint density at radius 1 is 1.43 bits per heavy atom. The monoisotopic (exact) mass is 303 g/mol. The van der Waals surface area contributed by atoms with Crippen molar-refractivity contribution in [3.63, 3.8) is 0 Å². The van der Waals surface area contributed by atoms with Crippen molar-refractivity contribution in [2.45, 2.75) is 18.9 Å². The fourth-order valence-corrected chi connectivity index (χ4v) is 2.86. The van der Waals surface area contributed by atoms with Crippen LogP contribution in [-0.2, 0) is 0 Å². The molecule has 0 aliphatic heterocycles. The van der Waals surface area contributed by atoms with Crippen LogP contribution in [0.15, 0.2) is 29.6 Å². The average molecular weight is 303 g/mol. The lowest BCUT2D eigenvalue weighted by Gasteiger charge is -2.18. The number of anilines is 1. The number of aromatic nitrogens is 1. The number of hydrogen-bond acceptors (Lipinski definition) is 5. The van der Waals surface area contributed by atoms with Gasteiger partial charge >= 0.3 is 0 Å². The van der Waals surface area contributed by atoms with E-state index in [1.54, 1.807) is 12.5 Å². The summed E-state index contributed by atoms with van der Waals surface area (Å²) in [6.45, 7) is 0. The van der Waals surface area contributed by atoms with E-state index in [9.17, 15) is 4.79 Å². The van der Waals surface area contributed by atoms with Crippen molar-refractivity contribution >= 4 is 22.4 Å². The maximum absolute atomic E-state index is 12.2. The number of amides is 1. The molecule has 0 bridgehead atoms. The van der Waals surface area contributed by atoms with Crippen molar-refractivity contribution in [1.29, 1.82) is 0 Å². The van der Waals surface area contributed by atoms with Gasteiger partial charge in [0, 0.05) is 5.38 Å². The number of benzene rings is 1. The fraction of sp³-hybridized carbons (Fsp3) is 0.333. The van der Waals surface area contributed by atoms with Gasteiger partial charge in [-0.2, -0.15) is 0 Å². The molecule has 1 aromatic heterocycles. The molecular formula is C15H17N3O2S. The highest BCUT2D eigenvalue weighted by molar-refractivity contribution is 7.13. The molecule has 0 spiro atoms. The SMILES string of the molecule is COc1ccc(C(NC(=O)c2csc(N)n2)C2CC2)cc1. The number of rotatable bonds is 5. The van der Waals surface area contributed by atoms with Crippen LogP contribution in [0.5, 0.6) is 5.75 Å². The van der Waals surface area contributed by atoms with Crippen LogP contribution in [0, 0.1) is 5.92 Å². The predicted octanol–water partition coefficient (Wildman–Crippen LogP) is 2.62. The largest absolute Gasteiger partial charge is 0.497 e. The lowest BCUT2D eigenvalue weighted by atomic mass is 10.0. The Hall–Kier alpha value is -2.08. The molecule has 1 amide bonds. The van der Waals surface area contributed by atoms with Gasteiger partial charge in [-0.25, -0.2) is 4.98 Å². The molecule has 1 heterocycles. The third kappa shape index (κ3) is 3.16. The Balaban J connectivity index is 1.76. The van der Waals surface area contributed by atoms with Gasteiger partial charge in [0.25, 0.3) is 5.91 Å². The zero-order valence-corrected chi connectivity index (χ0v) is 12.5. The summed E-state index contributed by atoms with van der Waals surface area (Å²) in [5.74, 6) is 1.14. The average Bonchev–Trinajstić information content (AvgIpc) is 3.25. The number of carbonyl (C=O) groups is 1. The first-order valence-corrected chi connectivity index (χ1v) is 7.71. The van der Waals surface area contributed by atoms with Gasteiger partial charge in [0.05, 0.1) is 13.2 Å². The van der Waals surface area contributed by atoms with Crippen molar-refractivity contribution in [2.75, 3.05) is 12.8 Å². The second-order valence-corrected chi connectivity index (χ2v) is 6.02. The van der Waals surface area contributed by atoms with Gasteiger partial charge in [0.2, 0.25) is 0 Å². The van der Waals surface area contributed by atoms with Crippen molar-refractivity contribution in [1.82, 2.24) is 10.3 Å². The number of ether oxygens (including phenoxy) is 1. The second kappa shape index (κ2) is 5.73. The van der Waals surface area contributed by atoms with E-state index < -0.39 is 0 Å². The first-order valence-electron chi connectivity index (χ1n) is 6.83. The van der Waals surface area contributed by atoms with Crippen molar-refractivity contribution in [3.05, 3.63) is 40.9 Å². The summed E-state index contributed by atoms with van der Waals surface area (Å²) in [5, 5.41) is 5.16. The number of thiazole rings is 1. The first kappa shape index (κ1) is 13.9. The Labute approximate surface area is 127 Å². The van der Waals surface area contributed by atoms with E-state index in [2.05, 4.69) is 10.3 Å². The minimum atomic E-state index is -0.171. The van der Waals surface area contributed by atoms with Crippen LogP contribution in [0.2, 0.25) is 0 Å². The molecule has 110 valence electrons. The Bertz CT molecular complexity index is 635. The van der Waals surface area contributed by atoms with Gasteiger partial charge in [-0.15, -0.1) is 11.3 Å². The molecule has 1 fully saturated rings. The minimum absolute atomic E-state index is 0.0198. The highest BCUT2D eigenvalue weighted by Crippen LogP contribution is 2.41. The van der Waals surface area contributed by atoms with E-state index in [4.69, 9.17) is 10.5 Å². The zero-order chi connectivity index (χ0) is 14.8. The van der Waals surface area contributed by atoms with Crippen molar-refractivity contribution < 1.29 is 9.53 Å². The highest BCUT2D eigenvalue weighted by atomic mass is 32.1. The van der Waals surface area contributed by atoms with E-state index in [1.165, 1.54) is 11.3 Å². The molecule has 6 heteroatoms. The summed E-state index contributed by atoms with van der Waals surface area (Å²) in [4.78, 5) is 16.3. The summed E-state index contributed by atoms with van der Waals surface area (Å²) in [6, 6.07) is 7.84. The highest BCUT2D eigenvalue weighted by Gasteiger charge is 2.33. The van der Waals surface area contributed by atoms with E-state index in [0.29, 0.717) is 16.7 Å². The van der Waals surface area contributed by atoms with Crippen LogP contribution in [0.25, 0.3) is 0 Å². The molecule has 1 saturated carbocycles. The van der Waals surface area contributed by atoms with E-state index >= 15 is 0 Å².